The van der Waals surface area contributed by atoms with E-state index >= 15 is 0 Å². The molecule has 0 spiro atoms. The molecule has 0 aromatic carbocycles. The monoisotopic (exact) mass is 275 g/mol. The lowest BCUT2D eigenvalue weighted by Gasteiger charge is -2.40. The Morgan fingerprint density at radius 3 is 2.55 bits per heavy atom. The number of pyridine rings is 1. The molecule has 1 aliphatic rings. The van der Waals surface area contributed by atoms with E-state index in [1.807, 2.05) is 24.1 Å². The number of carbonyl (C=O) groups excluding carboxylic acids is 1. The molecule has 0 radical (unpaired) electrons. The normalized spacial score (nSPS) is 19.4. The van der Waals surface area contributed by atoms with Gasteiger partial charge in [-0.1, -0.05) is 6.92 Å². The van der Waals surface area contributed by atoms with Crippen LogP contribution in [0, 0.1) is 5.41 Å². The summed E-state index contributed by atoms with van der Waals surface area (Å²) in [7, 11) is 1.92. The molecule has 1 aromatic rings. The zero-order chi connectivity index (χ0) is 14.6. The van der Waals surface area contributed by atoms with Crippen molar-refractivity contribution in [1.29, 1.82) is 0 Å². The summed E-state index contributed by atoms with van der Waals surface area (Å²) >= 11 is 0. The van der Waals surface area contributed by atoms with Gasteiger partial charge in [-0.25, -0.2) is 0 Å². The summed E-state index contributed by atoms with van der Waals surface area (Å²) in [5.41, 5.74) is 0.956. The van der Waals surface area contributed by atoms with Crippen LogP contribution in [0.1, 0.15) is 44.7 Å². The highest BCUT2D eigenvalue weighted by molar-refractivity contribution is 5.83. The van der Waals surface area contributed by atoms with Crippen LogP contribution in [-0.2, 0) is 4.79 Å². The average Bonchev–Trinajstić information content (AvgIpc) is 2.54. The van der Waals surface area contributed by atoms with Gasteiger partial charge in [0.05, 0.1) is 11.5 Å². The molecule has 1 aliphatic heterocycles. The van der Waals surface area contributed by atoms with Crippen LogP contribution < -0.4 is 5.32 Å². The maximum atomic E-state index is 12.9. The second-order valence-electron chi connectivity index (χ2n) is 5.76. The molecule has 4 nitrogen and oxygen atoms in total. The van der Waals surface area contributed by atoms with Crippen molar-refractivity contribution in [2.24, 2.45) is 5.41 Å². The van der Waals surface area contributed by atoms with Crippen molar-refractivity contribution in [3.63, 3.8) is 0 Å². The van der Waals surface area contributed by atoms with Crippen LogP contribution in [0.2, 0.25) is 0 Å². The summed E-state index contributed by atoms with van der Waals surface area (Å²) < 4.78 is 0. The summed E-state index contributed by atoms with van der Waals surface area (Å²) in [6.07, 6.45) is 6.36. The van der Waals surface area contributed by atoms with Crippen LogP contribution >= 0.6 is 0 Å². The van der Waals surface area contributed by atoms with Gasteiger partial charge in [0.2, 0.25) is 5.91 Å². The number of hydrogen-bond donors (Lipinski definition) is 1. The maximum absolute atomic E-state index is 12.9. The molecule has 110 valence electrons. The van der Waals surface area contributed by atoms with Gasteiger partial charge in [-0.05, 0) is 57.0 Å². The fourth-order valence-electron chi connectivity index (χ4n) is 3.04. The third kappa shape index (κ3) is 2.85. The van der Waals surface area contributed by atoms with Gasteiger partial charge in [0, 0.05) is 19.4 Å². The molecule has 2 rings (SSSR count). The summed E-state index contributed by atoms with van der Waals surface area (Å²) in [5, 5.41) is 3.35. The van der Waals surface area contributed by atoms with Gasteiger partial charge in [-0.15, -0.1) is 0 Å². The molecule has 0 bridgehead atoms. The third-order valence-corrected chi connectivity index (χ3v) is 4.78. The Kier molecular flexibility index (Phi) is 4.76. The first-order chi connectivity index (χ1) is 9.60. The summed E-state index contributed by atoms with van der Waals surface area (Å²) in [4.78, 5) is 18.9. The molecular weight excluding hydrogens is 250 g/mol. The highest BCUT2D eigenvalue weighted by atomic mass is 16.2. The molecule has 1 unspecified atom stereocenters. The average molecular weight is 275 g/mol. The quantitative estimate of drug-likeness (QED) is 0.917. The molecule has 1 N–H and O–H groups in total. The van der Waals surface area contributed by atoms with Crippen LogP contribution in [0.4, 0.5) is 0 Å². The minimum Gasteiger partial charge on any atom is -0.339 e. The van der Waals surface area contributed by atoms with Gasteiger partial charge >= 0.3 is 0 Å². The minimum absolute atomic E-state index is 0.0869. The summed E-state index contributed by atoms with van der Waals surface area (Å²) in [5.74, 6) is 0.283. The molecule has 1 amide bonds. The van der Waals surface area contributed by atoms with Crippen molar-refractivity contribution >= 4 is 5.91 Å². The van der Waals surface area contributed by atoms with E-state index < -0.39 is 0 Å². The van der Waals surface area contributed by atoms with Gasteiger partial charge in [0.15, 0.2) is 0 Å². The Morgan fingerprint density at radius 2 is 2.00 bits per heavy atom. The van der Waals surface area contributed by atoms with E-state index in [1.165, 1.54) is 0 Å². The van der Waals surface area contributed by atoms with E-state index in [1.54, 1.807) is 12.4 Å². The number of amides is 1. The smallest absolute Gasteiger partial charge is 0.229 e. The maximum Gasteiger partial charge on any atom is 0.229 e. The molecule has 1 fully saturated rings. The van der Waals surface area contributed by atoms with E-state index in [4.69, 9.17) is 0 Å². The molecule has 1 saturated heterocycles. The Labute approximate surface area is 121 Å². The molecule has 4 heteroatoms. The van der Waals surface area contributed by atoms with Gasteiger partial charge in [-0.3, -0.25) is 9.78 Å². The molecular formula is C16H25N3O. The van der Waals surface area contributed by atoms with Crippen LogP contribution in [0.3, 0.4) is 0 Å². The fourth-order valence-corrected chi connectivity index (χ4v) is 3.04. The lowest BCUT2D eigenvalue weighted by Crippen LogP contribution is -2.48. The summed E-state index contributed by atoms with van der Waals surface area (Å²) in [6.45, 7) is 6.10. The predicted octanol–water partition coefficient (Wildman–Crippen LogP) is 2.38. The van der Waals surface area contributed by atoms with Crippen molar-refractivity contribution in [3.8, 4) is 0 Å². The van der Waals surface area contributed by atoms with Crippen LogP contribution in [0.5, 0.6) is 0 Å². The van der Waals surface area contributed by atoms with Crippen molar-refractivity contribution < 1.29 is 4.79 Å². The number of hydrogen-bond acceptors (Lipinski definition) is 3. The van der Waals surface area contributed by atoms with E-state index in [0.29, 0.717) is 0 Å². The zero-order valence-electron chi connectivity index (χ0n) is 12.7. The first kappa shape index (κ1) is 15.0. The Balaban J connectivity index is 2.15. The van der Waals surface area contributed by atoms with Crippen molar-refractivity contribution in [3.05, 3.63) is 30.1 Å². The number of piperidine rings is 1. The lowest BCUT2D eigenvalue weighted by molar-refractivity contribution is -0.144. The second-order valence-corrected chi connectivity index (χ2v) is 5.76. The molecule has 0 saturated carbocycles. The number of rotatable bonds is 4. The Hall–Kier alpha value is -1.42. The molecule has 0 aliphatic carbocycles. The third-order valence-electron chi connectivity index (χ3n) is 4.78. The minimum atomic E-state index is -0.179. The van der Waals surface area contributed by atoms with Crippen molar-refractivity contribution in [2.75, 3.05) is 20.1 Å². The highest BCUT2D eigenvalue weighted by Crippen LogP contribution is 2.36. The van der Waals surface area contributed by atoms with Crippen LogP contribution in [-0.4, -0.2) is 35.9 Å². The van der Waals surface area contributed by atoms with E-state index in [0.717, 1.165) is 37.9 Å². The van der Waals surface area contributed by atoms with Gasteiger partial charge in [0.25, 0.3) is 0 Å². The Bertz CT molecular complexity index is 440. The number of nitrogens with zero attached hydrogens (tertiary/aromatic N) is 2. The number of aromatic nitrogens is 1. The van der Waals surface area contributed by atoms with Gasteiger partial charge < -0.3 is 10.2 Å². The molecule has 1 aromatic heterocycles. The van der Waals surface area contributed by atoms with Crippen molar-refractivity contribution in [2.45, 2.75) is 39.2 Å². The van der Waals surface area contributed by atoms with E-state index in [2.05, 4.69) is 24.1 Å². The SMILES string of the molecule is CCC1(C(=O)N(C)C(C)c2ccncc2)CCNCC1. The van der Waals surface area contributed by atoms with Crippen LogP contribution in [0.25, 0.3) is 0 Å². The predicted molar refractivity (Wildman–Crippen MR) is 80.2 cm³/mol. The van der Waals surface area contributed by atoms with Crippen molar-refractivity contribution in [1.82, 2.24) is 15.2 Å². The second kappa shape index (κ2) is 6.35. The Morgan fingerprint density at radius 1 is 1.40 bits per heavy atom. The zero-order valence-corrected chi connectivity index (χ0v) is 12.7. The first-order valence-electron chi connectivity index (χ1n) is 7.48. The lowest BCUT2D eigenvalue weighted by atomic mass is 9.75. The number of carbonyl (C=O) groups is 1. The number of nitrogens with one attached hydrogen (secondary N) is 1. The van der Waals surface area contributed by atoms with Gasteiger partial charge in [0.1, 0.15) is 0 Å². The highest BCUT2D eigenvalue weighted by Gasteiger charge is 2.40. The fraction of sp³-hybridized carbons (Fsp3) is 0.625. The first-order valence-corrected chi connectivity index (χ1v) is 7.48. The van der Waals surface area contributed by atoms with E-state index in [-0.39, 0.29) is 17.4 Å². The van der Waals surface area contributed by atoms with Crippen LogP contribution in [0.15, 0.2) is 24.5 Å². The van der Waals surface area contributed by atoms with E-state index in [9.17, 15) is 4.79 Å². The topological polar surface area (TPSA) is 45.2 Å². The largest absolute Gasteiger partial charge is 0.339 e. The summed E-state index contributed by atoms with van der Waals surface area (Å²) in [6, 6.07) is 4.05. The molecule has 2 heterocycles. The standard InChI is InChI=1S/C16H25N3O/c1-4-16(7-11-18-12-8-16)15(20)19(3)13(2)14-5-9-17-10-6-14/h5-6,9-10,13,18H,4,7-8,11-12H2,1-3H3. The molecule has 20 heavy (non-hydrogen) atoms. The van der Waals surface area contributed by atoms with Gasteiger partial charge in [-0.2, -0.15) is 0 Å². The molecule has 1 atom stereocenters.